The number of thiocarbonyl (C=S) groups is 1. The Morgan fingerprint density at radius 3 is 2.91 bits per heavy atom. The third-order valence-electron chi connectivity index (χ3n) is 1.38. The van der Waals surface area contributed by atoms with Crippen LogP contribution in [0.5, 0.6) is 0 Å². The van der Waals surface area contributed by atoms with Gasteiger partial charge in [-0.15, -0.1) is 0 Å². The van der Waals surface area contributed by atoms with Gasteiger partial charge in [0.25, 0.3) is 0 Å². The van der Waals surface area contributed by atoms with Crippen LogP contribution in [-0.4, -0.2) is 14.8 Å². The number of nitrogens with zero attached hydrogens (tertiary/aromatic N) is 2. The van der Waals surface area contributed by atoms with Crippen LogP contribution in [0.2, 0.25) is 0 Å². The van der Waals surface area contributed by atoms with Gasteiger partial charge < -0.3 is 5.73 Å². The zero-order valence-electron chi connectivity index (χ0n) is 5.99. The molecule has 0 amide bonds. The van der Waals surface area contributed by atoms with Crippen molar-refractivity contribution in [3.8, 4) is 0 Å². The molecule has 1 atom stereocenters. The largest absolute Gasteiger partial charge is 0.392 e. The first-order valence-corrected chi connectivity index (χ1v) is 4.59. The van der Waals surface area contributed by atoms with Crippen molar-refractivity contribution in [3.05, 3.63) is 16.0 Å². The first-order chi connectivity index (χ1) is 5.11. The van der Waals surface area contributed by atoms with E-state index in [-0.39, 0.29) is 6.04 Å². The van der Waals surface area contributed by atoms with E-state index in [0.717, 1.165) is 3.57 Å². The van der Waals surface area contributed by atoms with Gasteiger partial charge in [0.2, 0.25) is 0 Å². The quantitative estimate of drug-likeness (QED) is 0.657. The summed E-state index contributed by atoms with van der Waals surface area (Å²) < 4.78 is 2.84. The average molecular weight is 281 g/mol. The topological polar surface area (TPSA) is 43.8 Å². The summed E-state index contributed by atoms with van der Waals surface area (Å²) >= 11 is 7.01. The number of rotatable bonds is 2. The Kier molecular flexibility index (Phi) is 2.83. The van der Waals surface area contributed by atoms with Gasteiger partial charge in [-0.05, 0) is 29.5 Å². The van der Waals surface area contributed by atoms with Gasteiger partial charge in [0.15, 0.2) is 0 Å². The Hall–Kier alpha value is -0.170. The molecule has 1 unspecified atom stereocenters. The summed E-state index contributed by atoms with van der Waals surface area (Å²) in [5.74, 6) is 0. The molecule has 0 aliphatic heterocycles. The van der Waals surface area contributed by atoms with Gasteiger partial charge in [-0.3, -0.25) is 4.68 Å². The van der Waals surface area contributed by atoms with Gasteiger partial charge in [-0.25, -0.2) is 0 Å². The molecule has 60 valence electrons. The lowest BCUT2D eigenvalue weighted by atomic mass is 10.3. The van der Waals surface area contributed by atoms with Crippen LogP contribution in [0.15, 0.2) is 12.4 Å². The monoisotopic (exact) mass is 281 g/mol. The van der Waals surface area contributed by atoms with E-state index in [1.165, 1.54) is 0 Å². The zero-order chi connectivity index (χ0) is 8.43. The van der Waals surface area contributed by atoms with Crippen LogP contribution in [0.1, 0.15) is 13.0 Å². The van der Waals surface area contributed by atoms with Crippen molar-refractivity contribution in [3.63, 3.8) is 0 Å². The molecule has 1 rings (SSSR count). The molecule has 2 N–H and O–H groups in total. The van der Waals surface area contributed by atoms with Crippen molar-refractivity contribution in [2.45, 2.75) is 13.0 Å². The molecule has 11 heavy (non-hydrogen) atoms. The van der Waals surface area contributed by atoms with E-state index in [2.05, 4.69) is 27.7 Å². The summed E-state index contributed by atoms with van der Waals surface area (Å²) in [4.78, 5) is 0.463. The Labute approximate surface area is 84.1 Å². The van der Waals surface area contributed by atoms with Gasteiger partial charge in [0.1, 0.15) is 0 Å². The minimum atomic E-state index is 0.00789. The zero-order valence-corrected chi connectivity index (χ0v) is 8.96. The molecule has 0 aromatic carbocycles. The second kappa shape index (κ2) is 3.48. The van der Waals surface area contributed by atoms with E-state index in [9.17, 15) is 0 Å². The third kappa shape index (κ3) is 2.13. The number of hydrogen-bond donors (Lipinski definition) is 1. The molecule has 1 heterocycles. The SMILES string of the molecule is CC(C(N)=S)n1cc(I)cn1. The number of aromatic nitrogens is 2. The van der Waals surface area contributed by atoms with E-state index in [1.54, 1.807) is 10.9 Å². The van der Waals surface area contributed by atoms with E-state index in [4.69, 9.17) is 18.0 Å². The fourth-order valence-corrected chi connectivity index (χ4v) is 1.17. The standard InChI is InChI=1S/C6H8IN3S/c1-4(6(8)11)10-3-5(7)2-9-10/h2-4H,1H3,(H2,8,11). The lowest BCUT2D eigenvalue weighted by molar-refractivity contribution is 0.610. The number of nitrogens with two attached hydrogens (primary N) is 1. The normalized spacial score (nSPS) is 12.9. The average Bonchev–Trinajstić information content (AvgIpc) is 2.34. The maximum Gasteiger partial charge on any atom is 0.0989 e. The molecule has 1 aromatic heterocycles. The van der Waals surface area contributed by atoms with E-state index in [0.29, 0.717) is 4.99 Å². The highest BCUT2D eigenvalue weighted by molar-refractivity contribution is 14.1. The van der Waals surface area contributed by atoms with Crippen LogP contribution >= 0.6 is 34.8 Å². The molecule has 0 aliphatic rings. The van der Waals surface area contributed by atoms with Crippen molar-refractivity contribution in [1.82, 2.24) is 9.78 Å². The summed E-state index contributed by atoms with van der Waals surface area (Å²) in [6.07, 6.45) is 3.68. The number of hydrogen-bond acceptors (Lipinski definition) is 2. The van der Waals surface area contributed by atoms with E-state index >= 15 is 0 Å². The highest BCUT2D eigenvalue weighted by Gasteiger charge is 2.07. The third-order valence-corrected chi connectivity index (χ3v) is 2.28. The van der Waals surface area contributed by atoms with Crippen LogP contribution in [0.25, 0.3) is 0 Å². The Morgan fingerprint density at radius 1 is 1.91 bits per heavy atom. The lowest BCUT2D eigenvalue weighted by Gasteiger charge is -2.08. The van der Waals surface area contributed by atoms with E-state index in [1.807, 2.05) is 13.1 Å². The highest BCUT2D eigenvalue weighted by Crippen LogP contribution is 2.07. The van der Waals surface area contributed by atoms with Gasteiger partial charge in [0.05, 0.1) is 20.8 Å². The van der Waals surface area contributed by atoms with Crippen molar-refractivity contribution in [2.75, 3.05) is 0 Å². The fraction of sp³-hybridized carbons (Fsp3) is 0.333. The van der Waals surface area contributed by atoms with Crippen molar-refractivity contribution < 1.29 is 0 Å². The van der Waals surface area contributed by atoms with Crippen LogP contribution < -0.4 is 5.73 Å². The predicted molar refractivity (Wildman–Crippen MR) is 56.4 cm³/mol. The molecule has 0 radical (unpaired) electrons. The van der Waals surface area contributed by atoms with Gasteiger partial charge >= 0.3 is 0 Å². The van der Waals surface area contributed by atoms with Crippen LogP contribution in [-0.2, 0) is 0 Å². The Morgan fingerprint density at radius 2 is 2.55 bits per heavy atom. The molecule has 0 bridgehead atoms. The van der Waals surface area contributed by atoms with E-state index < -0.39 is 0 Å². The van der Waals surface area contributed by atoms with Crippen molar-refractivity contribution >= 4 is 39.8 Å². The summed E-state index contributed by atoms with van der Waals surface area (Å²) in [5.41, 5.74) is 5.45. The minimum Gasteiger partial charge on any atom is -0.392 e. The molecule has 0 saturated carbocycles. The molecule has 0 spiro atoms. The first-order valence-electron chi connectivity index (χ1n) is 3.10. The van der Waals surface area contributed by atoms with Gasteiger partial charge in [-0.1, -0.05) is 12.2 Å². The first kappa shape index (κ1) is 8.92. The molecular weight excluding hydrogens is 273 g/mol. The summed E-state index contributed by atoms with van der Waals surface area (Å²) in [5, 5.41) is 4.08. The van der Waals surface area contributed by atoms with Gasteiger partial charge in [-0.2, -0.15) is 5.10 Å². The lowest BCUT2D eigenvalue weighted by Crippen LogP contribution is -2.22. The van der Waals surface area contributed by atoms with Crippen molar-refractivity contribution in [1.29, 1.82) is 0 Å². The Balaban J connectivity index is 2.84. The maximum atomic E-state index is 5.45. The number of halogens is 1. The smallest absolute Gasteiger partial charge is 0.0989 e. The summed E-state index contributed by atoms with van der Waals surface area (Å²) in [6.45, 7) is 1.92. The molecular formula is C6H8IN3S. The van der Waals surface area contributed by atoms with Crippen molar-refractivity contribution in [2.24, 2.45) is 5.73 Å². The Bertz CT molecular complexity index is 271. The second-order valence-electron chi connectivity index (χ2n) is 2.22. The molecule has 3 nitrogen and oxygen atoms in total. The fourth-order valence-electron chi connectivity index (χ4n) is 0.657. The molecule has 1 aromatic rings. The summed E-state index contributed by atoms with van der Waals surface area (Å²) in [6, 6.07) is 0.00789. The predicted octanol–water partition coefficient (Wildman–Crippen LogP) is 1.33. The molecule has 0 aliphatic carbocycles. The van der Waals surface area contributed by atoms with Crippen LogP contribution in [0.3, 0.4) is 0 Å². The molecule has 0 saturated heterocycles. The van der Waals surface area contributed by atoms with Crippen LogP contribution in [0, 0.1) is 3.57 Å². The van der Waals surface area contributed by atoms with Gasteiger partial charge in [0, 0.05) is 6.20 Å². The molecule has 5 heteroatoms. The second-order valence-corrected chi connectivity index (χ2v) is 3.93. The van der Waals surface area contributed by atoms with Crippen LogP contribution in [0.4, 0.5) is 0 Å². The highest BCUT2D eigenvalue weighted by atomic mass is 127. The summed E-state index contributed by atoms with van der Waals surface area (Å²) in [7, 11) is 0. The minimum absolute atomic E-state index is 0.00789. The maximum absolute atomic E-state index is 5.45. The molecule has 0 fully saturated rings.